The molecule has 0 aliphatic heterocycles. The highest BCUT2D eigenvalue weighted by molar-refractivity contribution is 14.1. The van der Waals surface area contributed by atoms with Crippen molar-refractivity contribution in [2.75, 3.05) is 6.61 Å². The summed E-state index contributed by atoms with van der Waals surface area (Å²) in [7, 11) is 0. The summed E-state index contributed by atoms with van der Waals surface area (Å²) in [5.74, 6) is -0.650. The van der Waals surface area contributed by atoms with Gasteiger partial charge in [0.15, 0.2) is 5.69 Å². The largest absolute Gasteiger partial charge is 0.461 e. The van der Waals surface area contributed by atoms with Gasteiger partial charge in [-0.25, -0.2) is 9.48 Å². The molecule has 3 rings (SSSR count). The molecule has 5 nitrogen and oxygen atoms in total. The van der Waals surface area contributed by atoms with Crippen LogP contribution in [0.15, 0.2) is 48.8 Å². The van der Waals surface area contributed by atoms with E-state index in [2.05, 4.69) is 10.1 Å². The van der Waals surface area contributed by atoms with Crippen molar-refractivity contribution in [3.05, 3.63) is 63.6 Å². The number of ether oxygens (including phenoxy) is 1. The van der Waals surface area contributed by atoms with Gasteiger partial charge in [-0.05, 0) is 65.9 Å². The van der Waals surface area contributed by atoms with Crippen LogP contribution in [0.4, 0.5) is 13.2 Å². The third-order valence-corrected chi connectivity index (χ3v) is 4.59. The number of alkyl halides is 3. The molecule has 0 spiro atoms. The molecule has 2 heterocycles. The first-order valence-electron chi connectivity index (χ1n) is 7.86. The number of aromatic nitrogens is 3. The molecule has 0 N–H and O–H groups in total. The number of hydrogen-bond acceptors (Lipinski definition) is 4. The zero-order valence-corrected chi connectivity index (χ0v) is 16.2. The molecule has 0 aliphatic rings. The lowest BCUT2D eigenvalue weighted by atomic mass is 10.1. The number of pyridine rings is 1. The van der Waals surface area contributed by atoms with Crippen LogP contribution in [0, 0.1) is 3.57 Å². The Morgan fingerprint density at radius 3 is 2.67 bits per heavy atom. The molecule has 0 amide bonds. The van der Waals surface area contributed by atoms with Gasteiger partial charge in [0.25, 0.3) is 0 Å². The Kier molecular flexibility index (Phi) is 5.49. The molecule has 1 aromatic carbocycles. The van der Waals surface area contributed by atoms with E-state index in [0.29, 0.717) is 11.3 Å². The van der Waals surface area contributed by atoms with Crippen molar-refractivity contribution in [3.8, 4) is 16.9 Å². The zero-order valence-electron chi connectivity index (χ0n) is 14.0. The third-order valence-electron chi connectivity index (χ3n) is 3.65. The Morgan fingerprint density at radius 1 is 1.26 bits per heavy atom. The standard InChI is InChI=1S/C18H13F3IN3O2/c1-2-27-17(26)15-9-16(11-4-3-7-23-10-11)25(24-15)12-5-6-14(22)13(8-12)18(19,20)21/h3-10H,2H2,1H3. The Bertz CT molecular complexity index is 972. The van der Waals surface area contributed by atoms with Crippen LogP contribution >= 0.6 is 22.6 Å². The van der Waals surface area contributed by atoms with E-state index in [0.717, 1.165) is 6.07 Å². The van der Waals surface area contributed by atoms with Crippen molar-refractivity contribution in [1.82, 2.24) is 14.8 Å². The summed E-state index contributed by atoms with van der Waals surface area (Å²) in [6, 6.07) is 8.76. The monoisotopic (exact) mass is 487 g/mol. The number of esters is 1. The van der Waals surface area contributed by atoms with Crippen molar-refractivity contribution in [2.24, 2.45) is 0 Å². The molecule has 0 aliphatic carbocycles. The summed E-state index contributed by atoms with van der Waals surface area (Å²) in [4.78, 5) is 16.1. The van der Waals surface area contributed by atoms with Crippen molar-refractivity contribution < 1.29 is 22.7 Å². The summed E-state index contributed by atoms with van der Waals surface area (Å²) in [5.41, 5.74) is 0.444. The number of carbonyl (C=O) groups excluding carboxylic acids is 1. The molecule has 27 heavy (non-hydrogen) atoms. The lowest BCUT2D eigenvalue weighted by molar-refractivity contribution is -0.138. The van der Waals surface area contributed by atoms with Crippen LogP contribution in [0.25, 0.3) is 16.9 Å². The maximum absolute atomic E-state index is 13.3. The number of nitrogens with zero attached hydrogens (tertiary/aromatic N) is 3. The van der Waals surface area contributed by atoms with Crippen LogP contribution in [0.1, 0.15) is 23.0 Å². The van der Waals surface area contributed by atoms with Crippen molar-refractivity contribution >= 4 is 28.6 Å². The number of carbonyl (C=O) groups is 1. The molecule has 0 fully saturated rings. The van der Waals surface area contributed by atoms with E-state index in [1.165, 1.54) is 22.9 Å². The highest BCUT2D eigenvalue weighted by atomic mass is 127. The van der Waals surface area contributed by atoms with E-state index in [1.54, 1.807) is 54.0 Å². The first-order valence-corrected chi connectivity index (χ1v) is 8.94. The van der Waals surface area contributed by atoms with Crippen LogP contribution in [0.2, 0.25) is 0 Å². The van der Waals surface area contributed by atoms with Crippen molar-refractivity contribution in [3.63, 3.8) is 0 Å². The minimum atomic E-state index is -4.50. The molecular formula is C18H13F3IN3O2. The van der Waals surface area contributed by atoms with Crippen LogP contribution in [0.3, 0.4) is 0 Å². The van der Waals surface area contributed by atoms with Crippen molar-refractivity contribution in [1.29, 1.82) is 0 Å². The average molecular weight is 487 g/mol. The van der Waals surface area contributed by atoms with Gasteiger partial charge in [-0.3, -0.25) is 4.98 Å². The number of halogens is 4. The first kappa shape index (κ1) is 19.3. The minimum absolute atomic E-state index is 0.00260. The Balaban J connectivity index is 2.18. The molecule has 0 bridgehead atoms. The van der Waals surface area contributed by atoms with Gasteiger partial charge in [-0.1, -0.05) is 0 Å². The van der Waals surface area contributed by atoms with Gasteiger partial charge in [0.1, 0.15) is 0 Å². The van der Waals surface area contributed by atoms with Gasteiger partial charge in [-0.2, -0.15) is 18.3 Å². The molecule has 0 atom stereocenters. The molecule has 140 valence electrons. The Hall–Kier alpha value is -2.43. The smallest absolute Gasteiger partial charge is 0.417 e. The van der Waals surface area contributed by atoms with Gasteiger partial charge in [0.05, 0.1) is 23.6 Å². The first-order chi connectivity index (χ1) is 12.8. The van der Waals surface area contributed by atoms with E-state index >= 15 is 0 Å². The fourth-order valence-corrected chi connectivity index (χ4v) is 3.11. The van der Waals surface area contributed by atoms with E-state index in [-0.39, 0.29) is 21.6 Å². The predicted octanol–water partition coefficient (Wildman–Crippen LogP) is 4.73. The highest BCUT2D eigenvalue weighted by Crippen LogP contribution is 2.35. The average Bonchev–Trinajstić information content (AvgIpc) is 3.07. The minimum Gasteiger partial charge on any atom is -0.461 e. The van der Waals surface area contributed by atoms with Gasteiger partial charge < -0.3 is 4.74 Å². The van der Waals surface area contributed by atoms with Crippen molar-refractivity contribution in [2.45, 2.75) is 13.1 Å². The summed E-state index contributed by atoms with van der Waals surface area (Å²) in [6.07, 6.45) is -1.39. The second-order valence-corrected chi connectivity index (χ2v) is 6.61. The van der Waals surface area contributed by atoms with Gasteiger partial charge in [0, 0.05) is 21.5 Å². The maximum atomic E-state index is 13.3. The lowest BCUT2D eigenvalue weighted by Gasteiger charge is -2.13. The Morgan fingerprint density at radius 2 is 2.04 bits per heavy atom. The summed E-state index contributed by atoms with van der Waals surface area (Å²) in [6.45, 7) is 1.82. The summed E-state index contributed by atoms with van der Waals surface area (Å²) < 4.78 is 46.2. The highest BCUT2D eigenvalue weighted by Gasteiger charge is 2.33. The second-order valence-electron chi connectivity index (χ2n) is 5.45. The normalized spacial score (nSPS) is 11.4. The molecule has 2 aromatic heterocycles. The lowest BCUT2D eigenvalue weighted by Crippen LogP contribution is -2.10. The maximum Gasteiger partial charge on any atom is 0.417 e. The van der Waals surface area contributed by atoms with E-state index in [4.69, 9.17) is 4.74 Å². The van der Waals surface area contributed by atoms with Crippen LogP contribution in [0.5, 0.6) is 0 Å². The molecule has 0 radical (unpaired) electrons. The van der Waals surface area contributed by atoms with E-state index in [1.807, 2.05) is 0 Å². The quantitative estimate of drug-likeness (QED) is 0.395. The van der Waals surface area contributed by atoms with Crippen LogP contribution in [-0.4, -0.2) is 27.3 Å². The number of hydrogen-bond donors (Lipinski definition) is 0. The van der Waals surface area contributed by atoms with Crippen LogP contribution < -0.4 is 0 Å². The molecule has 0 saturated carbocycles. The Labute approximate surface area is 166 Å². The van der Waals surface area contributed by atoms with Gasteiger partial charge in [-0.15, -0.1) is 0 Å². The van der Waals surface area contributed by atoms with E-state index < -0.39 is 17.7 Å². The zero-order chi connectivity index (χ0) is 19.6. The molecule has 3 aromatic rings. The topological polar surface area (TPSA) is 57.0 Å². The molecule has 9 heteroatoms. The second kappa shape index (κ2) is 7.67. The number of benzene rings is 1. The fraction of sp³-hybridized carbons (Fsp3) is 0.167. The molecular weight excluding hydrogens is 474 g/mol. The molecule has 0 saturated heterocycles. The van der Waals surface area contributed by atoms with Gasteiger partial charge >= 0.3 is 12.1 Å². The SMILES string of the molecule is CCOC(=O)c1cc(-c2cccnc2)n(-c2ccc(I)c(C(F)(F)F)c2)n1. The van der Waals surface area contributed by atoms with E-state index in [9.17, 15) is 18.0 Å². The van der Waals surface area contributed by atoms with Crippen LogP contribution in [-0.2, 0) is 10.9 Å². The predicted molar refractivity (Wildman–Crippen MR) is 100 cm³/mol. The summed E-state index contributed by atoms with van der Waals surface area (Å²) >= 11 is 1.63. The van der Waals surface area contributed by atoms with Gasteiger partial charge in [0.2, 0.25) is 0 Å². The fourth-order valence-electron chi connectivity index (χ4n) is 2.46. The number of rotatable bonds is 4. The third kappa shape index (κ3) is 4.12. The summed E-state index contributed by atoms with van der Waals surface area (Å²) in [5, 5.41) is 4.17. The molecule has 0 unspecified atom stereocenters.